The number of urea groups is 1. The fraction of sp³-hybridized carbons (Fsp3) is 0.400. The summed E-state index contributed by atoms with van der Waals surface area (Å²) in [5, 5.41) is 2.91. The molecule has 3 N–H and O–H groups in total. The van der Waals surface area contributed by atoms with Crippen LogP contribution in [0.25, 0.3) is 0 Å². The lowest BCUT2D eigenvalue weighted by molar-refractivity contribution is 0.0531. The Balaban J connectivity index is 1.88. The Hall–Kier alpha value is -2.03. The predicted molar refractivity (Wildman–Crippen MR) is 77.0 cm³/mol. The van der Waals surface area contributed by atoms with Gasteiger partial charge in [0.2, 0.25) is 0 Å². The summed E-state index contributed by atoms with van der Waals surface area (Å²) in [6.07, 6.45) is 0. The van der Waals surface area contributed by atoms with Crippen LogP contribution in [0.4, 0.5) is 4.79 Å². The number of nitrogens with zero attached hydrogens (tertiary/aromatic N) is 1. The molecule has 5 heteroatoms. The van der Waals surface area contributed by atoms with Crippen LogP contribution >= 0.6 is 0 Å². The van der Waals surface area contributed by atoms with Crippen LogP contribution in [0.15, 0.2) is 24.3 Å². The molecule has 0 atom stereocenters. The molecule has 1 heterocycles. The second kappa shape index (κ2) is 7.53. The number of nitrogens with one attached hydrogen (secondary N) is 1. The van der Waals surface area contributed by atoms with Gasteiger partial charge >= 0.3 is 6.03 Å². The summed E-state index contributed by atoms with van der Waals surface area (Å²) in [5.74, 6) is 5.80. The third kappa shape index (κ3) is 4.26. The van der Waals surface area contributed by atoms with Crippen LogP contribution in [0.3, 0.4) is 0 Å². The smallest absolute Gasteiger partial charge is 0.317 e. The summed E-state index contributed by atoms with van der Waals surface area (Å²) in [4.78, 5) is 13.7. The molecule has 0 bridgehead atoms. The van der Waals surface area contributed by atoms with Crippen molar-refractivity contribution in [2.75, 3.05) is 32.8 Å². The second-order valence-corrected chi connectivity index (χ2v) is 4.46. The number of nitrogens with two attached hydrogens (primary N) is 1. The van der Waals surface area contributed by atoms with Gasteiger partial charge in [0.05, 0.1) is 19.8 Å². The molecule has 0 saturated carbocycles. The Bertz CT molecular complexity index is 513. The summed E-state index contributed by atoms with van der Waals surface area (Å²) in [6.45, 7) is 3.35. The Labute approximate surface area is 119 Å². The first kappa shape index (κ1) is 14.4. The van der Waals surface area contributed by atoms with Crippen LogP contribution in [-0.2, 0) is 11.3 Å². The maximum atomic E-state index is 11.9. The lowest BCUT2D eigenvalue weighted by Gasteiger charge is -2.26. The fourth-order valence-electron chi connectivity index (χ4n) is 1.97. The van der Waals surface area contributed by atoms with Crippen molar-refractivity contribution in [1.82, 2.24) is 10.2 Å². The number of ether oxygens (including phenoxy) is 1. The molecule has 1 fully saturated rings. The molecule has 0 unspecified atom stereocenters. The molecule has 106 valence electrons. The van der Waals surface area contributed by atoms with Crippen molar-refractivity contribution in [1.29, 1.82) is 0 Å². The van der Waals surface area contributed by atoms with E-state index in [-0.39, 0.29) is 6.03 Å². The van der Waals surface area contributed by atoms with Gasteiger partial charge < -0.3 is 20.7 Å². The van der Waals surface area contributed by atoms with E-state index in [2.05, 4.69) is 17.2 Å². The highest BCUT2D eigenvalue weighted by Gasteiger charge is 2.15. The van der Waals surface area contributed by atoms with Crippen molar-refractivity contribution in [3.63, 3.8) is 0 Å². The molecule has 0 spiro atoms. The highest BCUT2D eigenvalue weighted by atomic mass is 16.5. The van der Waals surface area contributed by atoms with Gasteiger partial charge in [-0.1, -0.05) is 24.0 Å². The number of hydrogen-bond acceptors (Lipinski definition) is 3. The molecule has 20 heavy (non-hydrogen) atoms. The van der Waals surface area contributed by atoms with E-state index >= 15 is 0 Å². The summed E-state index contributed by atoms with van der Waals surface area (Å²) >= 11 is 0. The van der Waals surface area contributed by atoms with Crippen LogP contribution in [0.2, 0.25) is 0 Å². The molecule has 2 rings (SSSR count). The van der Waals surface area contributed by atoms with Crippen molar-refractivity contribution >= 4 is 6.03 Å². The number of amides is 2. The van der Waals surface area contributed by atoms with Crippen molar-refractivity contribution in [3.05, 3.63) is 35.4 Å². The summed E-state index contributed by atoms with van der Waals surface area (Å²) in [5.41, 5.74) is 7.28. The van der Waals surface area contributed by atoms with E-state index < -0.39 is 0 Å². The zero-order valence-corrected chi connectivity index (χ0v) is 11.4. The lowest BCUT2D eigenvalue weighted by Crippen LogP contribution is -2.45. The Morgan fingerprint density at radius 2 is 2.20 bits per heavy atom. The largest absolute Gasteiger partial charge is 0.378 e. The van der Waals surface area contributed by atoms with Crippen LogP contribution in [0, 0.1) is 11.8 Å². The van der Waals surface area contributed by atoms with Crippen LogP contribution in [0.1, 0.15) is 11.1 Å². The first-order valence-corrected chi connectivity index (χ1v) is 6.68. The zero-order valence-electron chi connectivity index (χ0n) is 11.4. The van der Waals surface area contributed by atoms with Gasteiger partial charge in [0.1, 0.15) is 0 Å². The molecule has 0 aromatic heterocycles. The number of carbonyl (C=O) groups is 1. The van der Waals surface area contributed by atoms with E-state index in [0.29, 0.717) is 39.4 Å². The van der Waals surface area contributed by atoms with Crippen molar-refractivity contribution in [3.8, 4) is 11.8 Å². The molecule has 0 radical (unpaired) electrons. The summed E-state index contributed by atoms with van der Waals surface area (Å²) in [7, 11) is 0. The van der Waals surface area contributed by atoms with Crippen molar-refractivity contribution in [2.45, 2.75) is 6.54 Å². The molecule has 1 aromatic rings. The van der Waals surface area contributed by atoms with Gasteiger partial charge in [-0.25, -0.2) is 4.79 Å². The van der Waals surface area contributed by atoms with Gasteiger partial charge in [0.25, 0.3) is 0 Å². The first-order chi connectivity index (χ1) is 9.79. The lowest BCUT2D eigenvalue weighted by atomic mass is 10.1. The van der Waals surface area contributed by atoms with Crippen molar-refractivity contribution < 1.29 is 9.53 Å². The summed E-state index contributed by atoms with van der Waals surface area (Å²) < 4.78 is 5.22. The topological polar surface area (TPSA) is 67.6 Å². The molecule has 0 aliphatic carbocycles. The van der Waals surface area contributed by atoms with E-state index in [4.69, 9.17) is 10.5 Å². The number of rotatable bonds is 2. The van der Waals surface area contributed by atoms with Crippen LogP contribution < -0.4 is 11.1 Å². The monoisotopic (exact) mass is 273 g/mol. The number of hydrogen-bond donors (Lipinski definition) is 2. The maximum Gasteiger partial charge on any atom is 0.317 e. The van der Waals surface area contributed by atoms with Gasteiger partial charge in [0, 0.05) is 25.2 Å². The van der Waals surface area contributed by atoms with Gasteiger partial charge in [-0.15, -0.1) is 0 Å². The average molecular weight is 273 g/mol. The van der Waals surface area contributed by atoms with Gasteiger partial charge in [-0.05, 0) is 17.7 Å². The zero-order chi connectivity index (χ0) is 14.2. The minimum atomic E-state index is -0.0493. The number of morpholine rings is 1. The third-order valence-electron chi connectivity index (χ3n) is 3.00. The second-order valence-electron chi connectivity index (χ2n) is 4.46. The molecular weight excluding hydrogens is 254 g/mol. The molecule has 1 aliphatic heterocycles. The third-order valence-corrected chi connectivity index (χ3v) is 3.00. The van der Waals surface area contributed by atoms with Gasteiger partial charge in [-0.2, -0.15) is 0 Å². The van der Waals surface area contributed by atoms with Gasteiger partial charge in [-0.3, -0.25) is 0 Å². The fourth-order valence-corrected chi connectivity index (χ4v) is 1.97. The van der Waals surface area contributed by atoms with E-state index in [1.807, 2.05) is 24.3 Å². The van der Waals surface area contributed by atoms with E-state index in [1.54, 1.807) is 4.90 Å². The quantitative estimate of drug-likeness (QED) is 0.773. The predicted octanol–water partition coefficient (Wildman–Crippen LogP) is 0.539. The highest BCUT2D eigenvalue weighted by molar-refractivity contribution is 5.74. The standard InChI is InChI=1S/C15H19N3O2/c16-6-2-5-13-3-1-4-14(11-13)12-17-15(19)18-7-9-20-10-8-18/h1,3-4,11H,6-10,12,16H2,(H,17,19). The SMILES string of the molecule is NCC#Cc1cccc(CNC(=O)N2CCOCC2)c1. The Morgan fingerprint density at radius 1 is 1.40 bits per heavy atom. The highest BCUT2D eigenvalue weighted by Crippen LogP contribution is 2.04. The average Bonchev–Trinajstić information content (AvgIpc) is 2.52. The minimum Gasteiger partial charge on any atom is -0.378 e. The first-order valence-electron chi connectivity index (χ1n) is 6.68. The van der Waals surface area contributed by atoms with Crippen LogP contribution in [-0.4, -0.2) is 43.8 Å². The van der Waals surface area contributed by atoms with E-state index in [1.165, 1.54) is 0 Å². The van der Waals surface area contributed by atoms with E-state index in [0.717, 1.165) is 11.1 Å². The summed E-state index contributed by atoms with van der Waals surface area (Å²) in [6, 6.07) is 7.73. The molecule has 1 aliphatic rings. The molecule has 2 amide bonds. The van der Waals surface area contributed by atoms with E-state index in [9.17, 15) is 4.79 Å². The molecule has 1 aromatic carbocycles. The molecule has 5 nitrogen and oxygen atoms in total. The molecular formula is C15H19N3O2. The Kier molecular flexibility index (Phi) is 5.42. The minimum absolute atomic E-state index is 0.0493. The molecule has 1 saturated heterocycles. The van der Waals surface area contributed by atoms with Gasteiger partial charge in [0.15, 0.2) is 0 Å². The number of benzene rings is 1. The normalized spacial score (nSPS) is 14.3. The maximum absolute atomic E-state index is 11.9. The number of carbonyl (C=O) groups excluding carboxylic acids is 1. The van der Waals surface area contributed by atoms with Crippen molar-refractivity contribution in [2.24, 2.45) is 5.73 Å². The van der Waals surface area contributed by atoms with Crippen LogP contribution in [0.5, 0.6) is 0 Å². The Morgan fingerprint density at radius 3 is 2.95 bits per heavy atom.